The van der Waals surface area contributed by atoms with Gasteiger partial charge in [0.05, 0.1) is 11.5 Å². The van der Waals surface area contributed by atoms with Gasteiger partial charge >= 0.3 is 0 Å². The lowest BCUT2D eigenvalue weighted by Crippen LogP contribution is -2.27. The summed E-state index contributed by atoms with van der Waals surface area (Å²) in [6.07, 6.45) is 2.47. The zero-order valence-electron chi connectivity index (χ0n) is 7.94. The molecule has 0 fully saturated rings. The van der Waals surface area contributed by atoms with Crippen LogP contribution in [0.15, 0.2) is 0 Å². The Morgan fingerprint density at radius 2 is 1.62 bits per heavy atom. The minimum absolute atomic E-state index is 0.160. The molecule has 0 spiro atoms. The van der Waals surface area contributed by atoms with Crippen molar-refractivity contribution in [2.75, 3.05) is 19.1 Å². The van der Waals surface area contributed by atoms with Crippen LogP contribution in [0.25, 0.3) is 0 Å². The highest BCUT2D eigenvalue weighted by Gasteiger charge is 2.14. The van der Waals surface area contributed by atoms with Crippen LogP contribution >= 0.6 is 0 Å². The molecule has 0 bridgehead atoms. The van der Waals surface area contributed by atoms with Gasteiger partial charge in [-0.15, -0.1) is 0 Å². The zero-order valence-corrected chi connectivity index (χ0v) is 9.57. The van der Waals surface area contributed by atoms with Gasteiger partial charge in [-0.25, -0.2) is 21.6 Å². The molecule has 0 rings (SSSR count). The lowest BCUT2D eigenvalue weighted by atomic mass is 10.3. The molecule has 0 saturated heterocycles. The molecule has 0 aliphatic heterocycles. The zero-order chi connectivity index (χ0) is 10.7. The SMILES string of the molecule is CC(CCNS(C)(=O)=O)S(C)(=O)=O. The average Bonchev–Trinajstić information content (AvgIpc) is 1.82. The van der Waals surface area contributed by atoms with E-state index in [0.29, 0.717) is 6.42 Å². The van der Waals surface area contributed by atoms with Crippen LogP contribution in [0.1, 0.15) is 13.3 Å². The van der Waals surface area contributed by atoms with E-state index in [9.17, 15) is 16.8 Å². The molecular weight excluding hydrogens is 214 g/mol. The highest BCUT2D eigenvalue weighted by molar-refractivity contribution is 7.91. The summed E-state index contributed by atoms with van der Waals surface area (Å²) in [5.74, 6) is 0. The van der Waals surface area contributed by atoms with E-state index in [4.69, 9.17) is 0 Å². The van der Waals surface area contributed by atoms with Crippen molar-refractivity contribution in [2.45, 2.75) is 18.6 Å². The van der Waals surface area contributed by atoms with Gasteiger partial charge in [-0.1, -0.05) is 0 Å². The van der Waals surface area contributed by atoms with Crippen LogP contribution in [-0.4, -0.2) is 41.1 Å². The van der Waals surface area contributed by atoms with E-state index in [1.807, 2.05) is 0 Å². The average molecular weight is 229 g/mol. The molecule has 5 nitrogen and oxygen atoms in total. The second-order valence-electron chi connectivity index (χ2n) is 3.10. The molecule has 80 valence electrons. The highest BCUT2D eigenvalue weighted by atomic mass is 32.2. The van der Waals surface area contributed by atoms with Crippen LogP contribution in [0, 0.1) is 0 Å². The van der Waals surface area contributed by atoms with Gasteiger partial charge in [0.15, 0.2) is 0 Å². The summed E-state index contributed by atoms with van der Waals surface area (Å²) in [7, 11) is -6.27. The molecule has 0 aromatic carbocycles. The maximum Gasteiger partial charge on any atom is 0.208 e. The number of rotatable bonds is 5. The van der Waals surface area contributed by atoms with Gasteiger partial charge in [0, 0.05) is 12.8 Å². The number of hydrogen-bond donors (Lipinski definition) is 1. The fourth-order valence-electron chi connectivity index (χ4n) is 0.662. The van der Waals surface area contributed by atoms with Crippen molar-refractivity contribution in [1.29, 1.82) is 0 Å². The van der Waals surface area contributed by atoms with E-state index < -0.39 is 25.1 Å². The predicted octanol–water partition coefficient (Wildman–Crippen LogP) is -0.641. The summed E-state index contributed by atoms with van der Waals surface area (Å²) in [5, 5.41) is -0.512. The summed E-state index contributed by atoms with van der Waals surface area (Å²) < 4.78 is 45.3. The van der Waals surface area contributed by atoms with Crippen molar-refractivity contribution in [1.82, 2.24) is 4.72 Å². The topological polar surface area (TPSA) is 80.3 Å². The largest absolute Gasteiger partial charge is 0.229 e. The number of hydrogen-bond acceptors (Lipinski definition) is 4. The first-order chi connectivity index (χ1) is 5.63. The van der Waals surface area contributed by atoms with Crippen molar-refractivity contribution in [3.05, 3.63) is 0 Å². The second kappa shape index (κ2) is 4.39. The number of sulfone groups is 1. The van der Waals surface area contributed by atoms with Gasteiger partial charge in [-0.3, -0.25) is 0 Å². The minimum atomic E-state index is -3.21. The summed E-state index contributed by atoms with van der Waals surface area (Å²) in [5.41, 5.74) is 0. The molecule has 0 aromatic heterocycles. The van der Waals surface area contributed by atoms with Crippen molar-refractivity contribution < 1.29 is 16.8 Å². The molecule has 0 saturated carbocycles. The Morgan fingerprint density at radius 1 is 1.15 bits per heavy atom. The van der Waals surface area contributed by atoms with E-state index in [1.165, 1.54) is 0 Å². The van der Waals surface area contributed by atoms with Gasteiger partial charge in [0.2, 0.25) is 10.0 Å². The second-order valence-corrected chi connectivity index (χ2v) is 7.39. The molecule has 0 amide bonds. The van der Waals surface area contributed by atoms with Crippen LogP contribution in [0.4, 0.5) is 0 Å². The van der Waals surface area contributed by atoms with Gasteiger partial charge in [-0.05, 0) is 13.3 Å². The third kappa shape index (κ3) is 6.97. The van der Waals surface area contributed by atoms with Gasteiger partial charge in [-0.2, -0.15) is 0 Å². The molecule has 7 heteroatoms. The molecule has 0 aliphatic carbocycles. The van der Waals surface area contributed by atoms with E-state index in [-0.39, 0.29) is 6.54 Å². The first-order valence-electron chi connectivity index (χ1n) is 3.76. The van der Waals surface area contributed by atoms with E-state index in [0.717, 1.165) is 12.5 Å². The Bertz CT molecular complexity index is 343. The summed E-state index contributed by atoms with van der Waals surface area (Å²) in [6.45, 7) is 1.71. The Balaban J connectivity index is 3.94. The Kier molecular flexibility index (Phi) is 4.34. The van der Waals surface area contributed by atoms with E-state index >= 15 is 0 Å². The predicted molar refractivity (Wildman–Crippen MR) is 51.8 cm³/mol. The van der Waals surface area contributed by atoms with Crippen LogP contribution < -0.4 is 4.72 Å². The normalized spacial score (nSPS) is 15.6. The van der Waals surface area contributed by atoms with Crippen molar-refractivity contribution in [3.8, 4) is 0 Å². The monoisotopic (exact) mass is 229 g/mol. The molecule has 13 heavy (non-hydrogen) atoms. The lowest BCUT2D eigenvalue weighted by Gasteiger charge is -2.08. The van der Waals surface area contributed by atoms with Gasteiger partial charge in [0.1, 0.15) is 9.84 Å². The van der Waals surface area contributed by atoms with Crippen LogP contribution in [0.3, 0.4) is 0 Å². The standard InChI is InChI=1S/C6H15NO4S2/c1-6(12(2,8)9)4-5-7-13(3,10)11/h6-7H,4-5H2,1-3H3. The number of sulfonamides is 1. The molecule has 0 radical (unpaired) electrons. The first kappa shape index (κ1) is 12.9. The van der Waals surface area contributed by atoms with E-state index in [2.05, 4.69) is 4.72 Å². The Morgan fingerprint density at radius 3 is 1.92 bits per heavy atom. The molecule has 1 unspecified atom stereocenters. The fraction of sp³-hybridized carbons (Fsp3) is 1.00. The number of nitrogens with one attached hydrogen (secondary N) is 1. The summed E-state index contributed by atoms with van der Waals surface area (Å²) in [4.78, 5) is 0. The molecule has 0 aliphatic rings. The molecule has 0 aromatic rings. The smallest absolute Gasteiger partial charge is 0.208 e. The first-order valence-corrected chi connectivity index (χ1v) is 7.61. The highest BCUT2D eigenvalue weighted by Crippen LogP contribution is 2.01. The van der Waals surface area contributed by atoms with Gasteiger partial charge in [0.25, 0.3) is 0 Å². The third-order valence-electron chi connectivity index (χ3n) is 1.65. The maximum atomic E-state index is 10.9. The summed E-state index contributed by atoms with van der Waals surface area (Å²) in [6, 6.07) is 0. The van der Waals surface area contributed by atoms with E-state index in [1.54, 1.807) is 6.92 Å². The van der Waals surface area contributed by atoms with Gasteiger partial charge < -0.3 is 0 Å². The Labute approximate surface area is 79.5 Å². The minimum Gasteiger partial charge on any atom is -0.229 e. The van der Waals surface area contributed by atoms with Crippen LogP contribution in [0.2, 0.25) is 0 Å². The third-order valence-corrected chi connectivity index (χ3v) is 4.07. The quantitative estimate of drug-likeness (QED) is 0.680. The fourth-order valence-corrected chi connectivity index (χ4v) is 1.70. The molecule has 1 atom stereocenters. The maximum absolute atomic E-state index is 10.9. The van der Waals surface area contributed by atoms with Crippen LogP contribution in [-0.2, 0) is 19.9 Å². The summed E-state index contributed by atoms with van der Waals surface area (Å²) >= 11 is 0. The molecule has 0 heterocycles. The molecule has 1 N–H and O–H groups in total. The van der Waals surface area contributed by atoms with Crippen molar-refractivity contribution in [2.24, 2.45) is 0 Å². The van der Waals surface area contributed by atoms with Crippen LogP contribution in [0.5, 0.6) is 0 Å². The molecular formula is C6H15NO4S2. The lowest BCUT2D eigenvalue weighted by molar-refractivity contribution is 0.571. The Hall–Kier alpha value is -0.140. The van der Waals surface area contributed by atoms with Crippen molar-refractivity contribution >= 4 is 19.9 Å². The van der Waals surface area contributed by atoms with Crippen molar-refractivity contribution in [3.63, 3.8) is 0 Å².